The third-order valence-corrected chi connectivity index (χ3v) is 4.18. The van der Waals surface area contributed by atoms with Crippen molar-refractivity contribution in [3.63, 3.8) is 0 Å². The second kappa shape index (κ2) is 8.34. The van der Waals surface area contributed by atoms with Crippen molar-refractivity contribution >= 4 is 21.7 Å². The Labute approximate surface area is 139 Å². The van der Waals surface area contributed by atoms with Crippen molar-refractivity contribution in [1.29, 1.82) is 0 Å². The number of hydrogen-bond acceptors (Lipinski definition) is 7. The number of sulfonamides is 1. The number of carbonyl (C=O) groups excluding carboxylic acids is 1. The van der Waals surface area contributed by atoms with Gasteiger partial charge in [0.25, 0.3) is 15.9 Å². The molecule has 10 heteroatoms. The third kappa shape index (κ3) is 4.98. The molecule has 1 heterocycles. The van der Waals surface area contributed by atoms with Gasteiger partial charge in [-0.2, -0.15) is 0 Å². The SMILES string of the molecule is CONS(=O)(=O)c1ccc(C(=O)NCCNc2cnccn2)cc1. The van der Waals surface area contributed by atoms with Gasteiger partial charge in [0.1, 0.15) is 5.82 Å². The zero-order valence-corrected chi connectivity index (χ0v) is 13.7. The molecule has 128 valence electrons. The summed E-state index contributed by atoms with van der Waals surface area (Å²) in [6.07, 6.45) is 4.71. The van der Waals surface area contributed by atoms with Crippen LogP contribution in [0.15, 0.2) is 47.8 Å². The number of carbonyl (C=O) groups is 1. The fourth-order valence-corrected chi connectivity index (χ4v) is 2.61. The van der Waals surface area contributed by atoms with Gasteiger partial charge in [-0.15, -0.1) is 0 Å². The van der Waals surface area contributed by atoms with E-state index in [1.807, 2.05) is 4.89 Å². The Balaban J connectivity index is 1.84. The Morgan fingerprint density at radius 3 is 2.54 bits per heavy atom. The third-order valence-electron chi connectivity index (χ3n) is 2.90. The number of nitrogens with zero attached hydrogens (tertiary/aromatic N) is 2. The highest BCUT2D eigenvalue weighted by Crippen LogP contribution is 2.10. The standard InChI is InChI=1S/C14H17N5O4S/c1-23-19-24(21,22)12-4-2-11(3-5-12)14(20)18-9-8-17-13-10-15-6-7-16-13/h2-7,10,19H,8-9H2,1H3,(H,16,17)(H,18,20). The van der Waals surface area contributed by atoms with Gasteiger partial charge in [-0.25, -0.2) is 13.4 Å². The quantitative estimate of drug-likeness (QED) is 0.457. The molecule has 1 amide bonds. The first kappa shape index (κ1) is 17.8. The Kier molecular flexibility index (Phi) is 6.18. The monoisotopic (exact) mass is 351 g/mol. The highest BCUT2D eigenvalue weighted by molar-refractivity contribution is 7.89. The molecule has 2 aromatic rings. The van der Waals surface area contributed by atoms with Gasteiger partial charge in [-0.3, -0.25) is 14.6 Å². The lowest BCUT2D eigenvalue weighted by molar-refractivity contribution is 0.0955. The Morgan fingerprint density at radius 2 is 1.92 bits per heavy atom. The second-order valence-electron chi connectivity index (χ2n) is 4.59. The van der Waals surface area contributed by atoms with Gasteiger partial charge in [0.2, 0.25) is 0 Å². The van der Waals surface area contributed by atoms with Crippen LogP contribution in [0.25, 0.3) is 0 Å². The number of nitrogens with one attached hydrogen (secondary N) is 3. The van der Waals surface area contributed by atoms with Crippen molar-refractivity contribution in [3.8, 4) is 0 Å². The minimum absolute atomic E-state index is 0.00483. The number of rotatable bonds is 8. The van der Waals surface area contributed by atoms with E-state index < -0.39 is 10.0 Å². The Bertz CT molecular complexity index is 766. The normalized spacial score (nSPS) is 11.0. The highest BCUT2D eigenvalue weighted by Gasteiger charge is 2.14. The maximum Gasteiger partial charge on any atom is 0.262 e. The van der Waals surface area contributed by atoms with E-state index in [1.54, 1.807) is 18.6 Å². The van der Waals surface area contributed by atoms with Crippen LogP contribution in [0.3, 0.4) is 0 Å². The summed E-state index contributed by atoms with van der Waals surface area (Å²) in [5.41, 5.74) is 0.353. The largest absolute Gasteiger partial charge is 0.367 e. The molecule has 0 aliphatic rings. The molecule has 0 saturated carbocycles. The van der Waals surface area contributed by atoms with Crippen LogP contribution < -0.4 is 15.5 Å². The average molecular weight is 351 g/mol. The summed E-state index contributed by atoms with van der Waals surface area (Å²) >= 11 is 0. The van der Waals surface area contributed by atoms with Crippen molar-refractivity contribution in [3.05, 3.63) is 48.4 Å². The molecular weight excluding hydrogens is 334 g/mol. The minimum atomic E-state index is -3.73. The summed E-state index contributed by atoms with van der Waals surface area (Å²) in [5, 5.41) is 5.72. The lowest BCUT2D eigenvalue weighted by atomic mass is 10.2. The van der Waals surface area contributed by atoms with Gasteiger partial charge in [0.15, 0.2) is 0 Å². The molecule has 0 fully saturated rings. The number of hydrogen-bond donors (Lipinski definition) is 3. The predicted molar refractivity (Wildman–Crippen MR) is 86.6 cm³/mol. The fraction of sp³-hybridized carbons (Fsp3) is 0.214. The molecule has 0 saturated heterocycles. The number of aromatic nitrogens is 2. The lowest BCUT2D eigenvalue weighted by Crippen LogP contribution is -2.29. The van der Waals surface area contributed by atoms with Crippen molar-refractivity contribution in [2.45, 2.75) is 4.90 Å². The highest BCUT2D eigenvalue weighted by atomic mass is 32.2. The van der Waals surface area contributed by atoms with E-state index in [4.69, 9.17) is 0 Å². The summed E-state index contributed by atoms with van der Waals surface area (Å²) in [4.78, 5) is 26.2. The van der Waals surface area contributed by atoms with Crippen LogP contribution in [0.4, 0.5) is 5.82 Å². The maximum atomic E-state index is 12.0. The number of benzene rings is 1. The van der Waals surface area contributed by atoms with E-state index in [1.165, 1.54) is 31.4 Å². The predicted octanol–water partition coefficient (Wildman–Crippen LogP) is 0.158. The molecule has 0 atom stereocenters. The zero-order valence-electron chi connectivity index (χ0n) is 12.9. The zero-order chi connectivity index (χ0) is 17.4. The van der Waals surface area contributed by atoms with Crippen molar-refractivity contribution in [2.75, 3.05) is 25.5 Å². The maximum absolute atomic E-state index is 12.0. The molecule has 0 aliphatic heterocycles. The van der Waals surface area contributed by atoms with Gasteiger partial charge in [-0.1, -0.05) is 4.89 Å². The Morgan fingerprint density at radius 1 is 1.17 bits per heavy atom. The van der Waals surface area contributed by atoms with Crippen LogP contribution >= 0.6 is 0 Å². The van der Waals surface area contributed by atoms with E-state index in [0.29, 0.717) is 24.5 Å². The second-order valence-corrected chi connectivity index (χ2v) is 6.23. The van der Waals surface area contributed by atoms with E-state index in [0.717, 1.165) is 0 Å². The van der Waals surface area contributed by atoms with Gasteiger partial charge in [0, 0.05) is 31.0 Å². The topological polar surface area (TPSA) is 122 Å². The summed E-state index contributed by atoms with van der Waals surface area (Å²) in [7, 11) is -2.53. The molecule has 0 aliphatic carbocycles. The van der Waals surface area contributed by atoms with Gasteiger partial charge in [0.05, 0.1) is 18.2 Å². The molecule has 0 spiro atoms. The van der Waals surface area contributed by atoms with Crippen molar-refractivity contribution < 1.29 is 18.0 Å². The van der Waals surface area contributed by atoms with Crippen LogP contribution in [-0.4, -0.2) is 44.5 Å². The molecular formula is C14H17N5O4S. The molecule has 3 N–H and O–H groups in total. The molecule has 0 unspecified atom stereocenters. The summed E-state index contributed by atoms with van der Waals surface area (Å²) < 4.78 is 23.4. The molecule has 0 radical (unpaired) electrons. The molecule has 2 rings (SSSR count). The van der Waals surface area contributed by atoms with Crippen LogP contribution in [0.1, 0.15) is 10.4 Å². The van der Waals surface area contributed by atoms with Crippen LogP contribution in [0, 0.1) is 0 Å². The van der Waals surface area contributed by atoms with E-state index >= 15 is 0 Å². The smallest absolute Gasteiger partial charge is 0.262 e. The van der Waals surface area contributed by atoms with Crippen molar-refractivity contribution in [2.24, 2.45) is 0 Å². The van der Waals surface area contributed by atoms with Gasteiger partial charge >= 0.3 is 0 Å². The molecule has 24 heavy (non-hydrogen) atoms. The number of anilines is 1. The van der Waals surface area contributed by atoms with Crippen LogP contribution in [-0.2, 0) is 14.9 Å². The van der Waals surface area contributed by atoms with Crippen LogP contribution in [0.2, 0.25) is 0 Å². The number of amides is 1. The summed E-state index contributed by atoms with van der Waals surface area (Å²) in [6.45, 7) is 0.856. The van der Waals surface area contributed by atoms with E-state index in [2.05, 4.69) is 25.4 Å². The summed E-state index contributed by atoms with van der Waals surface area (Å²) in [5.74, 6) is 0.312. The molecule has 1 aromatic carbocycles. The molecule has 9 nitrogen and oxygen atoms in total. The molecule has 0 bridgehead atoms. The first-order valence-corrected chi connectivity index (χ1v) is 8.44. The lowest BCUT2D eigenvalue weighted by Gasteiger charge is -2.08. The van der Waals surface area contributed by atoms with Gasteiger partial charge < -0.3 is 10.6 Å². The minimum Gasteiger partial charge on any atom is -0.367 e. The van der Waals surface area contributed by atoms with Gasteiger partial charge in [-0.05, 0) is 24.3 Å². The average Bonchev–Trinajstić information content (AvgIpc) is 2.59. The first-order valence-electron chi connectivity index (χ1n) is 6.96. The Hall–Kier alpha value is -2.56. The summed E-state index contributed by atoms with van der Waals surface area (Å²) in [6, 6.07) is 5.51. The fourth-order valence-electron chi connectivity index (χ4n) is 1.80. The van der Waals surface area contributed by atoms with E-state index in [-0.39, 0.29) is 10.8 Å². The van der Waals surface area contributed by atoms with Crippen LogP contribution in [0.5, 0.6) is 0 Å². The van der Waals surface area contributed by atoms with Crippen molar-refractivity contribution in [1.82, 2.24) is 20.2 Å². The first-order chi connectivity index (χ1) is 11.5. The molecule has 1 aromatic heterocycles. The van der Waals surface area contributed by atoms with E-state index in [9.17, 15) is 13.2 Å².